The van der Waals surface area contributed by atoms with Gasteiger partial charge in [0.05, 0.1) is 62.1 Å². The van der Waals surface area contributed by atoms with Crippen LogP contribution in [0.2, 0.25) is 0 Å². The normalized spacial score (nSPS) is 13.3. The molecule has 1 aliphatic rings. The second-order valence-electron chi connectivity index (χ2n) is 14.6. The number of nitrogens with one attached hydrogen (secondary N) is 1. The molecule has 0 heterocycles. The van der Waals surface area contributed by atoms with Crippen molar-refractivity contribution in [2.45, 2.75) is 4.90 Å². The van der Waals surface area contributed by atoms with Crippen LogP contribution in [0.1, 0.15) is 0 Å². The molecule has 0 fully saturated rings. The largest absolute Gasteiger partial charge is 1.00 e. The van der Waals surface area contributed by atoms with Gasteiger partial charge in [0.15, 0.2) is 5.78 Å². The van der Waals surface area contributed by atoms with E-state index < -0.39 is 32.3 Å². The van der Waals surface area contributed by atoms with Crippen molar-refractivity contribution in [2.75, 3.05) is 28.4 Å². The van der Waals surface area contributed by atoms with Crippen molar-refractivity contribution in [3.63, 3.8) is 0 Å². The minimum absolute atomic E-state index is 0. The molecule has 0 unspecified atom stereocenters. The summed E-state index contributed by atoms with van der Waals surface area (Å²) in [5.41, 5.74) is 31.7. The van der Waals surface area contributed by atoms with Gasteiger partial charge in [0, 0.05) is 22.0 Å². The maximum atomic E-state index is 12.8. The standard InChI is InChI=1S/C47H36N14O6S.2Na/c48-28-12-19-39(38(50)22-28)57-55-31-4-3-5-32(23-31)56-61-46-40(20-18-37(49)44(46)51)58-59-41-25-43(68(65,66)67)45(35-7-2-1-6-34(35)41)60-53-30-15-10-27(11-16-30)26-8-13-29(14-9-26)52-54-33-17-21-42(62)36(24-33)47(63)64;;/h1-25,52H,48-51H2,(H,63,64)(H,65,66,67);;/q;2*+1/p-2/b54-33-,57-55?,59-58?,60-53?,61-56?;;. The Morgan fingerprint density at radius 2 is 1.16 bits per heavy atom. The van der Waals surface area contributed by atoms with E-state index in [1.165, 1.54) is 18.2 Å². The molecule has 9 N–H and O–H groups in total. The molecule has 0 amide bonds. The Kier molecular flexibility index (Phi) is 16.8. The summed E-state index contributed by atoms with van der Waals surface area (Å²) < 4.78 is 38.4. The number of hydrogen-bond donors (Lipinski definition) is 5. The fourth-order valence-corrected chi connectivity index (χ4v) is 7.18. The molecule has 0 bridgehead atoms. The molecule has 0 aromatic heterocycles. The van der Waals surface area contributed by atoms with E-state index in [1.807, 2.05) is 12.1 Å². The maximum Gasteiger partial charge on any atom is 1.00 e. The molecule has 7 aromatic rings. The number of azo groups is 4. The number of benzene rings is 7. The molecule has 8 rings (SSSR count). The van der Waals surface area contributed by atoms with Gasteiger partial charge in [0.2, 0.25) is 0 Å². The van der Waals surface area contributed by atoms with E-state index >= 15 is 0 Å². The summed E-state index contributed by atoms with van der Waals surface area (Å²) in [6.07, 6.45) is 3.60. The van der Waals surface area contributed by atoms with Crippen LogP contribution >= 0.6 is 0 Å². The molecule has 0 atom stereocenters. The second kappa shape index (κ2) is 22.7. The summed E-state index contributed by atoms with van der Waals surface area (Å²) in [5, 5.41) is 50.3. The third kappa shape index (κ3) is 12.3. The van der Waals surface area contributed by atoms with E-state index in [0.717, 1.165) is 29.3 Å². The third-order valence-corrected chi connectivity index (χ3v) is 10.8. The minimum Gasteiger partial charge on any atom is -0.744 e. The van der Waals surface area contributed by atoms with Crippen LogP contribution in [0.3, 0.4) is 0 Å². The van der Waals surface area contributed by atoms with E-state index in [-0.39, 0.29) is 104 Å². The van der Waals surface area contributed by atoms with Gasteiger partial charge in [-0.2, -0.15) is 20.4 Å². The molecule has 0 spiro atoms. The van der Waals surface area contributed by atoms with Crippen molar-refractivity contribution >= 4 is 112 Å². The summed E-state index contributed by atoms with van der Waals surface area (Å²) in [6.45, 7) is 0. The topological polar surface area (TPSA) is 342 Å². The molecule has 336 valence electrons. The first kappa shape index (κ1) is 51.8. The SMILES string of the molecule is Nc1ccc(N=Nc2cccc(N=Nc3c(N=Nc4cc(S(=O)(=O)[O-])c(N=Nc5ccc(-c6ccc(N/N=C7/C=CC(=O)C(C(=O)[O-])=C7)cc6)cc5)c5ccccc45)ccc(N)c3N)c2)c(N)c1.[Na+].[Na+]. The number of aliphatic carboxylic acids is 1. The number of ketones is 1. The number of hydrazone groups is 1. The van der Waals surface area contributed by atoms with Crippen LogP contribution in [-0.2, 0) is 19.7 Å². The molecule has 70 heavy (non-hydrogen) atoms. The Morgan fingerprint density at radius 1 is 0.557 bits per heavy atom. The number of carbonyl (C=O) groups excluding carboxylic acids is 2. The number of carboxylic acid groups (broad SMARTS) is 1. The Balaban J connectivity index is 0.00000402. The molecule has 0 saturated heterocycles. The number of hydrogen-bond acceptors (Lipinski definition) is 20. The molecule has 0 saturated carbocycles. The number of nitrogens with zero attached hydrogens (tertiary/aromatic N) is 9. The number of carbonyl (C=O) groups is 2. The first-order valence-corrected chi connectivity index (χ1v) is 21.4. The Bertz CT molecular complexity index is 3510. The predicted octanol–water partition coefficient (Wildman–Crippen LogP) is 3.99. The quantitative estimate of drug-likeness (QED) is 0.0209. The van der Waals surface area contributed by atoms with Gasteiger partial charge in [0.25, 0.3) is 0 Å². The number of nitrogen functional groups attached to an aromatic ring is 4. The molecular weight excluding hydrogens is 935 g/mol. The zero-order chi connectivity index (χ0) is 48.0. The summed E-state index contributed by atoms with van der Waals surface area (Å²) >= 11 is 0. The van der Waals surface area contributed by atoms with Crippen LogP contribution < -0.4 is 92.6 Å². The molecule has 1 aliphatic carbocycles. The van der Waals surface area contributed by atoms with Crippen LogP contribution in [0.25, 0.3) is 21.9 Å². The van der Waals surface area contributed by atoms with Crippen LogP contribution in [0.15, 0.2) is 208 Å². The second-order valence-corrected chi connectivity index (χ2v) is 16.0. The van der Waals surface area contributed by atoms with Gasteiger partial charge in [-0.25, -0.2) is 8.42 Å². The van der Waals surface area contributed by atoms with E-state index in [1.54, 1.807) is 103 Å². The predicted molar refractivity (Wildman–Crippen MR) is 256 cm³/mol. The average molecular weight is 969 g/mol. The van der Waals surface area contributed by atoms with E-state index in [4.69, 9.17) is 22.9 Å². The van der Waals surface area contributed by atoms with Crippen LogP contribution in [0, 0.1) is 0 Å². The van der Waals surface area contributed by atoms with Crippen molar-refractivity contribution in [2.24, 2.45) is 46.0 Å². The van der Waals surface area contributed by atoms with E-state index in [9.17, 15) is 27.7 Å². The number of fused-ring (bicyclic) bond motifs is 1. The molecule has 0 aliphatic heterocycles. The van der Waals surface area contributed by atoms with Gasteiger partial charge < -0.3 is 37.4 Å². The van der Waals surface area contributed by atoms with Crippen LogP contribution in [0.4, 0.5) is 73.9 Å². The summed E-state index contributed by atoms with van der Waals surface area (Å²) in [6, 6.07) is 36.3. The van der Waals surface area contributed by atoms with Crippen molar-refractivity contribution in [3.05, 3.63) is 157 Å². The van der Waals surface area contributed by atoms with Gasteiger partial charge >= 0.3 is 59.1 Å². The molecule has 23 heteroatoms. The van der Waals surface area contributed by atoms with E-state index in [0.29, 0.717) is 45.2 Å². The first-order valence-electron chi connectivity index (χ1n) is 20.0. The zero-order valence-corrected chi connectivity index (χ0v) is 41.9. The zero-order valence-electron chi connectivity index (χ0n) is 37.1. The monoisotopic (exact) mass is 968 g/mol. The van der Waals surface area contributed by atoms with Crippen LogP contribution in [-0.4, -0.2) is 30.4 Å². The molecular formula is C47H34N14Na2O6S. The van der Waals surface area contributed by atoms with Gasteiger partial charge in [-0.1, -0.05) is 54.6 Å². The Labute approximate surface area is 443 Å². The van der Waals surface area contributed by atoms with Gasteiger partial charge in [0.1, 0.15) is 32.9 Å². The van der Waals surface area contributed by atoms with Gasteiger partial charge in [-0.15, -0.1) is 25.6 Å². The smallest absolute Gasteiger partial charge is 0.744 e. The number of anilines is 5. The van der Waals surface area contributed by atoms with Crippen molar-refractivity contribution in [1.82, 2.24) is 0 Å². The molecule has 20 nitrogen and oxygen atoms in total. The van der Waals surface area contributed by atoms with E-state index in [2.05, 4.69) is 51.4 Å². The Morgan fingerprint density at radius 3 is 1.83 bits per heavy atom. The van der Waals surface area contributed by atoms with Gasteiger partial charge in [-0.05, 0) is 108 Å². The first-order chi connectivity index (χ1) is 32.7. The fourth-order valence-electron chi connectivity index (χ4n) is 6.54. The number of carboxylic acids is 1. The third-order valence-electron chi connectivity index (χ3n) is 9.99. The van der Waals surface area contributed by atoms with Gasteiger partial charge in [-0.3, -0.25) is 10.2 Å². The Hall–Kier alpha value is -7.60. The molecule has 7 aromatic carbocycles. The summed E-state index contributed by atoms with van der Waals surface area (Å²) in [7, 11) is -5.15. The fraction of sp³-hybridized carbons (Fsp3) is 0. The maximum absolute atomic E-state index is 12.8. The number of nitrogens with two attached hydrogens (primary N) is 4. The van der Waals surface area contributed by atoms with Crippen molar-refractivity contribution < 1.29 is 86.8 Å². The molecule has 0 radical (unpaired) electrons. The summed E-state index contributed by atoms with van der Waals surface area (Å²) in [4.78, 5) is 22.2. The summed E-state index contributed by atoms with van der Waals surface area (Å²) in [5.74, 6) is -2.26. The number of rotatable bonds is 13. The number of allylic oxidation sites excluding steroid dienone is 3. The van der Waals surface area contributed by atoms with Crippen LogP contribution in [0.5, 0.6) is 0 Å². The van der Waals surface area contributed by atoms with Crippen molar-refractivity contribution in [1.29, 1.82) is 0 Å². The average Bonchev–Trinajstić information content (AvgIpc) is 3.33. The minimum atomic E-state index is -5.15. The van der Waals surface area contributed by atoms with Crippen molar-refractivity contribution in [3.8, 4) is 11.1 Å².